The Morgan fingerprint density at radius 2 is 1.33 bits per heavy atom. The van der Waals surface area contributed by atoms with Crippen LogP contribution in [0.5, 0.6) is 0 Å². The van der Waals surface area contributed by atoms with E-state index in [1.807, 2.05) is 0 Å². The van der Waals surface area contributed by atoms with Gasteiger partial charge in [-0.1, -0.05) is 67.7 Å². The molecular weight excluding hydrogens is 552 g/mol. The number of aliphatic hydroxyl groups excluding tert-OH is 2. The molecule has 0 unspecified atom stereocenters. The molecule has 0 saturated carbocycles. The quantitative estimate of drug-likeness (QED) is 0.0562. The van der Waals surface area contributed by atoms with Crippen LogP contribution >= 0.6 is 0 Å². The Hall–Kier alpha value is -3.76. The van der Waals surface area contributed by atoms with Crippen molar-refractivity contribution in [2.45, 2.75) is 83.3 Å². The lowest BCUT2D eigenvalue weighted by molar-refractivity contribution is -0.157. The highest BCUT2D eigenvalue weighted by Gasteiger charge is 2.24. The van der Waals surface area contributed by atoms with E-state index in [1.54, 1.807) is 0 Å². The van der Waals surface area contributed by atoms with Crippen LogP contribution in [-0.2, 0) is 28.7 Å². The maximum atomic E-state index is 12.4. The maximum Gasteiger partial charge on any atom is 0.330 e. The van der Waals surface area contributed by atoms with Gasteiger partial charge in [0.15, 0.2) is 0 Å². The van der Waals surface area contributed by atoms with Gasteiger partial charge in [-0.25, -0.2) is 9.59 Å². The first-order chi connectivity index (χ1) is 20.9. The second-order valence-corrected chi connectivity index (χ2v) is 9.43. The molecule has 0 aromatic carbocycles. The predicted octanol–water partition coefficient (Wildman–Crippen LogP) is 3.91. The largest absolute Gasteiger partial charge is 0.466 e. The number of carbonyl (C=O) groups is 4. The van der Waals surface area contributed by atoms with E-state index in [4.69, 9.17) is 14.9 Å². The number of amides is 2. The Kier molecular flexibility index (Phi) is 25.9. The smallest absolute Gasteiger partial charge is 0.330 e. The molecule has 0 fully saturated rings. The number of hydrogen-bond donors (Lipinski definition) is 4. The predicted molar refractivity (Wildman–Crippen MR) is 168 cm³/mol. The molecular formula is C33H50N2O8. The molecule has 1 atom stereocenters. The van der Waals surface area contributed by atoms with Crippen LogP contribution in [0.4, 0.5) is 0 Å². The van der Waals surface area contributed by atoms with E-state index in [0.717, 1.165) is 57.8 Å². The monoisotopic (exact) mass is 602 g/mol. The summed E-state index contributed by atoms with van der Waals surface area (Å²) in [6.45, 7) is 1.24. The summed E-state index contributed by atoms with van der Waals surface area (Å²) in [5.74, 6) is -2.43. The molecule has 0 saturated heterocycles. The first-order valence-corrected chi connectivity index (χ1v) is 14.9. The van der Waals surface area contributed by atoms with Crippen LogP contribution in [0.1, 0.15) is 71.1 Å². The number of allylic oxidation sites excluding steroid dienone is 10. The van der Waals surface area contributed by atoms with Crippen molar-refractivity contribution in [3.63, 3.8) is 0 Å². The van der Waals surface area contributed by atoms with Gasteiger partial charge in [-0.05, 0) is 57.8 Å². The molecule has 10 nitrogen and oxygen atoms in total. The molecule has 0 rings (SSSR count). The summed E-state index contributed by atoms with van der Waals surface area (Å²) in [6.07, 6.45) is 29.2. The van der Waals surface area contributed by atoms with Crippen LogP contribution in [0.3, 0.4) is 0 Å². The lowest BCUT2D eigenvalue weighted by Crippen LogP contribution is -2.44. The highest BCUT2D eigenvalue weighted by atomic mass is 16.6. The van der Waals surface area contributed by atoms with Crippen LogP contribution < -0.4 is 10.6 Å². The zero-order valence-electron chi connectivity index (χ0n) is 25.6. The van der Waals surface area contributed by atoms with Gasteiger partial charge < -0.3 is 30.3 Å². The van der Waals surface area contributed by atoms with Crippen molar-refractivity contribution >= 4 is 23.8 Å². The molecule has 43 heavy (non-hydrogen) atoms. The molecule has 0 aliphatic carbocycles. The van der Waals surface area contributed by atoms with E-state index in [1.165, 1.54) is 0 Å². The lowest BCUT2D eigenvalue weighted by atomic mass is 10.1. The maximum absolute atomic E-state index is 12.4. The van der Waals surface area contributed by atoms with E-state index in [0.29, 0.717) is 19.3 Å². The molecule has 0 radical (unpaired) electrons. The normalized spacial score (nSPS) is 12.9. The Morgan fingerprint density at radius 1 is 0.767 bits per heavy atom. The van der Waals surface area contributed by atoms with Crippen molar-refractivity contribution in [2.24, 2.45) is 0 Å². The van der Waals surface area contributed by atoms with Gasteiger partial charge in [-0.15, -0.1) is 0 Å². The molecule has 0 heterocycles. The number of aliphatic hydroxyl groups is 2. The molecule has 4 N–H and O–H groups in total. The minimum atomic E-state index is -1.12. The van der Waals surface area contributed by atoms with Gasteiger partial charge in [0.2, 0.25) is 11.8 Å². The molecule has 0 aliphatic rings. The topological polar surface area (TPSA) is 151 Å². The van der Waals surface area contributed by atoms with Gasteiger partial charge in [0.25, 0.3) is 0 Å². The molecule has 2 amide bonds. The van der Waals surface area contributed by atoms with Crippen molar-refractivity contribution in [1.82, 2.24) is 10.6 Å². The summed E-state index contributed by atoms with van der Waals surface area (Å²) in [6, 6.07) is -1.11. The minimum absolute atomic E-state index is 0.114. The average molecular weight is 603 g/mol. The highest BCUT2D eigenvalue weighted by molar-refractivity contribution is 5.96. The summed E-state index contributed by atoms with van der Waals surface area (Å²) < 4.78 is 9.43. The number of hydrogen-bond acceptors (Lipinski definition) is 8. The van der Waals surface area contributed by atoms with Gasteiger partial charge in [0, 0.05) is 25.1 Å². The van der Waals surface area contributed by atoms with Crippen molar-refractivity contribution < 1.29 is 38.9 Å². The molecule has 0 aliphatic heterocycles. The first kappa shape index (κ1) is 39.2. The number of unbranched alkanes of at least 4 members (excludes halogenated alkanes) is 1. The van der Waals surface area contributed by atoms with Crippen LogP contribution in [0.15, 0.2) is 72.9 Å². The van der Waals surface area contributed by atoms with E-state index in [-0.39, 0.29) is 18.9 Å². The average Bonchev–Trinajstić information content (AvgIpc) is 3.01. The molecule has 0 spiro atoms. The van der Waals surface area contributed by atoms with Crippen LogP contribution in [0.2, 0.25) is 0 Å². The number of nitrogens with one attached hydrogen (secondary N) is 2. The second-order valence-electron chi connectivity index (χ2n) is 9.43. The number of esters is 2. The van der Waals surface area contributed by atoms with Gasteiger partial charge in [-0.2, -0.15) is 0 Å². The summed E-state index contributed by atoms with van der Waals surface area (Å²) in [4.78, 5) is 47.8. The van der Waals surface area contributed by atoms with Gasteiger partial charge in [0.1, 0.15) is 12.1 Å². The molecule has 0 bridgehead atoms. The fourth-order valence-corrected chi connectivity index (χ4v) is 3.43. The summed E-state index contributed by atoms with van der Waals surface area (Å²) >= 11 is 0. The van der Waals surface area contributed by atoms with Crippen molar-refractivity contribution in [2.75, 3.05) is 26.9 Å². The van der Waals surface area contributed by atoms with E-state index >= 15 is 0 Å². The van der Waals surface area contributed by atoms with E-state index < -0.39 is 43.2 Å². The van der Waals surface area contributed by atoms with Gasteiger partial charge in [0.05, 0.1) is 20.3 Å². The van der Waals surface area contributed by atoms with E-state index in [9.17, 15) is 19.2 Å². The lowest BCUT2D eigenvalue weighted by Gasteiger charge is -2.20. The van der Waals surface area contributed by atoms with Crippen molar-refractivity contribution in [3.8, 4) is 0 Å². The van der Waals surface area contributed by atoms with E-state index in [2.05, 4.69) is 83.1 Å². The third-order valence-corrected chi connectivity index (χ3v) is 5.79. The summed E-state index contributed by atoms with van der Waals surface area (Å²) in [5.41, 5.74) is 0. The highest BCUT2D eigenvalue weighted by Crippen LogP contribution is 2.04. The Morgan fingerprint density at radius 3 is 1.86 bits per heavy atom. The van der Waals surface area contributed by atoms with Gasteiger partial charge >= 0.3 is 11.9 Å². The Balaban J connectivity index is 4.25. The number of carbonyl (C=O) groups excluding carboxylic acids is 4. The third-order valence-electron chi connectivity index (χ3n) is 5.79. The number of rotatable bonds is 24. The Labute approximate surface area is 256 Å². The zero-order chi connectivity index (χ0) is 32.0. The first-order valence-electron chi connectivity index (χ1n) is 14.9. The Bertz CT molecular complexity index is 962. The second kappa shape index (κ2) is 28.4. The molecule has 240 valence electrons. The van der Waals surface area contributed by atoms with Crippen LogP contribution in [0.25, 0.3) is 0 Å². The fraction of sp³-hybridized carbons (Fsp3) is 0.515. The molecule has 10 heteroatoms. The van der Waals surface area contributed by atoms with Crippen LogP contribution in [-0.4, -0.2) is 73.0 Å². The summed E-state index contributed by atoms with van der Waals surface area (Å²) in [5, 5.41) is 23.5. The fourth-order valence-electron chi connectivity index (χ4n) is 3.43. The van der Waals surface area contributed by atoms with Crippen molar-refractivity contribution in [1.29, 1.82) is 0 Å². The number of ether oxygens (including phenoxy) is 2. The standard InChI is InChI=1S/C33H50N2O8/c1-3-4-5-6-7-8-9-10-11-12-13-14-15-16-17-18-19-22-30(38)34-25-20-21-29(33(41)43-28(26-36)27-37)35-31(39)23-24-32(40)42-2/h4-5,7-8,10-11,13-14,16-17,23-24,28-29,36-37H,3,6,9,12,15,18-22,25-27H2,1-2H3,(H,34,38)(H,35,39)/t29-/m0/s1. The minimum Gasteiger partial charge on any atom is -0.466 e. The SMILES string of the molecule is CCC=CCC=CCC=CCC=CCC=CCCCC(=O)NCCC[C@H](NC(=O)C=CC(=O)OC)C(=O)OC(CO)CO. The van der Waals surface area contributed by atoms with Gasteiger partial charge in [-0.3, -0.25) is 9.59 Å². The van der Waals surface area contributed by atoms with Crippen LogP contribution in [0, 0.1) is 0 Å². The summed E-state index contributed by atoms with van der Waals surface area (Å²) in [7, 11) is 1.16. The number of methoxy groups -OCH3 is 1. The zero-order valence-corrected chi connectivity index (χ0v) is 25.6. The molecule has 0 aromatic heterocycles. The molecule has 0 aromatic rings. The van der Waals surface area contributed by atoms with Crippen molar-refractivity contribution in [3.05, 3.63) is 72.9 Å². The third kappa shape index (κ3) is 24.5.